The highest BCUT2D eigenvalue weighted by molar-refractivity contribution is 7.89. The van der Waals surface area contributed by atoms with E-state index in [0.717, 1.165) is 10.7 Å². The number of aryl methyl sites for hydroxylation is 1. The molecule has 0 radical (unpaired) electrons. The van der Waals surface area contributed by atoms with Gasteiger partial charge in [-0.1, -0.05) is 0 Å². The number of thiazole rings is 1. The minimum absolute atomic E-state index is 0.0885. The van der Waals surface area contributed by atoms with E-state index >= 15 is 0 Å². The van der Waals surface area contributed by atoms with Crippen LogP contribution in [0.15, 0.2) is 34.5 Å². The Balaban J connectivity index is 2.01. The molecule has 0 aliphatic heterocycles. The Kier molecular flexibility index (Phi) is 5.29. The lowest BCUT2D eigenvalue weighted by Gasteiger charge is -2.07. The minimum atomic E-state index is -3.57. The predicted molar refractivity (Wildman–Crippen MR) is 79.9 cm³/mol. The van der Waals surface area contributed by atoms with Gasteiger partial charge in [0.05, 0.1) is 18.0 Å². The maximum atomic E-state index is 12.1. The Morgan fingerprint density at radius 1 is 1.33 bits per heavy atom. The van der Waals surface area contributed by atoms with E-state index in [0.29, 0.717) is 5.75 Å². The summed E-state index contributed by atoms with van der Waals surface area (Å²) >= 11 is 1.42. The molecule has 2 N–H and O–H groups in total. The number of aliphatic hydroxyl groups excluding tert-OH is 1. The summed E-state index contributed by atoms with van der Waals surface area (Å²) in [5, 5.41) is 11.2. The fourth-order valence-electron chi connectivity index (χ4n) is 1.60. The molecule has 6 nitrogen and oxygen atoms in total. The third kappa shape index (κ3) is 4.50. The van der Waals surface area contributed by atoms with Gasteiger partial charge in [-0.3, -0.25) is 0 Å². The van der Waals surface area contributed by atoms with Crippen molar-refractivity contribution in [1.82, 2.24) is 9.71 Å². The van der Waals surface area contributed by atoms with Crippen molar-refractivity contribution in [2.45, 2.75) is 18.4 Å². The molecule has 0 aliphatic carbocycles. The van der Waals surface area contributed by atoms with E-state index in [1.165, 1.54) is 23.5 Å². The standard InChI is InChI=1S/C13H16N2O4S2/c1-10-9-20-13(15-10)8-14-21(17,18)12-4-2-11(3-5-12)19-7-6-16/h2-5,9,14,16H,6-8H2,1H3. The van der Waals surface area contributed by atoms with Crippen LogP contribution in [0.4, 0.5) is 0 Å². The number of nitrogens with one attached hydrogen (secondary N) is 1. The maximum Gasteiger partial charge on any atom is 0.240 e. The fourth-order valence-corrected chi connectivity index (χ4v) is 3.39. The Morgan fingerprint density at radius 3 is 2.62 bits per heavy atom. The number of nitrogens with zero attached hydrogens (tertiary/aromatic N) is 1. The molecule has 8 heteroatoms. The van der Waals surface area contributed by atoms with Gasteiger partial charge in [-0.05, 0) is 31.2 Å². The van der Waals surface area contributed by atoms with Gasteiger partial charge in [-0.25, -0.2) is 18.1 Å². The second-order valence-electron chi connectivity index (χ2n) is 4.25. The first kappa shape index (κ1) is 15.9. The first-order valence-electron chi connectivity index (χ1n) is 6.25. The summed E-state index contributed by atoms with van der Waals surface area (Å²) < 4.78 is 31.9. The van der Waals surface area contributed by atoms with Crippen LogP contribution < -0.4 is 9.46 Å². The molecular weight excluding hydrogens is 312 g/mol. The number of sulfonamides is 1. The van der Waals surface area contributed by atoms with Crippen LogP contribution in [-0.4, -0.2) is 31.7 Å². The minimum Gasteiger partial charge on any atom is -0.491 e. The summed E-state index contributed by atoms with van der Waals surface area (Å²) in [7, 11) is -3.57. The molecule has 0 saturated heterocycles. The van der Waals surface area contributed by atoms with Crippen LogP contribution >= 0.6 is 11.3 Å². The number of aliphatic hydroxyl groups is 1. The molecule has 0 amide bonds. The van der Waals surface area contributed by atoms with E-state index in [9.17, 15) is 8.42 Å². The van der Waals surface area contributed by atoms with E-state index in [-0.39, 0.29) is 24.7 Å². The first-order valence-corrected chi connectivity index (χ1v) is 8.62. The summed E-state index contributed by atoms with van der Waals surface area (Å²) in [6.45, 7) is 2.12. The van der Waals surface area contributed by atoms with Crippen LogP contribution in [0.3, 0.4) is 0 Å². The number of hydrogen-bond donors (Lipinski definition) is 2. The quantitative estimate of drug-likeness (QED) is 0.800. The summed E-state index contributed by atoms with van der Waals surface area (Å²) in [5.74, 6) is 0.513. The van der Waals surface area contributed by atoms with Gasteiger partial charge in [-0.15, -0.1) is 11.3 Å². The summed E-state index contributed by atoms with van der Waals surface area (Å²) in [6.07, 6.45) is 0. The Labute approximate surface area is 127 Å². The SMILES string of the molecule is Cc1csc(CNS(=O)(=O)c2ccc(OCCO)cc2)n1. The van der Waals surface area contributed by atoms with Crippen molar-refractivity contribution in [2.75, 3.05) is 13.2 Å². The second kappa shape index (κ2) is 6.99. The van der Waals surface area contributed by atoms with Crippen molar-refractivity contribution < 1.29 is 18.3 Å². The number of benzene rings is 1. The van der Waals surface area contributed by atoms with Gasteiger partial charge in [-0.2, -0.15) is 0 Å². The van der Waals surface area contributed by atoms with Crippen molar-refractivity contribution in [3.8, 4) is 5.75 Å². The number of ether oxygens (including phenoxy) is 1. The van der Waals surface area contributed by atoms with E-state index in [1.807, 2.05) is 12.3 Å². The Morgan fingerprint density at radius 2 is 2.05 bits per heavy atom. The number of rotatable bonds is 7. The van der Waals surface area contributed by atoms with Crippen molar-refractivity contribution in [1.29, 1.82) is 0 Å². The van der Waals surface area contributed by atoms with Crippen molar-refractivity contribution in [3.63, 3.8) is 0 Å². The monoisotopic (exact) mass is 328 g/mol. The van der Waals surface area contributed by atoms with Crippen LogP contribution in [0.1, 0.15) is 10.7 Å². The van der Waals surface area contributed by atoms with Crippen LogP contribution in [0.2, 0.25) is 0 Å². The van der Waals surface area contributed by atoms with E-state index in [2.05, 4.69) is 9.71 Å². The molecule has 0 bridgehead atoms. The lowest BCUT2D eigenvalue weighted by molar-refractivity contribution is 0.201. The van der Waals surface area contributed by atoms with E-state index in [1.54, 1.807) is 12.1 Å². The van der Waals surface area contributed by atoms with Gasteiger partial charge in [0, 0.05) is 11.1 Å². The third-order valence-corrected chi connectivity index (χ3v) is 4.96. The van der Waals surface area contributed by atoms with Gasteiger partial charge in [0.2, 0.25) is 10.0 Å². The largest absolute Gasteiger partial charge is 0.491 e. The molecular formula is C13H16N2O4S2. The van der Waals surface area contributed by atoms with Crippen molar-refractivity contribution >= 4 is 21.4 Å². The lowest BCUT2D eigenvalue weighted by atomic mass is 10.3. The number of aromatic nitrogens is 1. The molecule has 0 unspecified atom stereocenters. The smallest absolute Gasteiger partial charge is 0.240 e. The second-order valence-corrected chi connectivity index (χ2v) is 6.96. The maximum absolute atomic E-state index is 12.1. The highest BCUT2D eigenvalue weighted by Crippen LogP contribution is 2.16. The van der Waals surface area contributed by atoms with Gasteiger partial charge in [0.15, 0.2) is 0 Å². The Hall–Kier alpha value is -1.48. The normalized spacial score (nSPS) is 11.5. The molecule has 2 aromatic rings. The molecule has 1 aromatic carbocycles. The molecule has 0 atom stereocenters. The van der Waals surface area contributed by atoms with Crippen LogP contribution in [0.5, 0.6) is 5.75 Å². The highest BCUT2D eigenvalue weighted by Gasteiger charge is 2.14. The summed E-state index contributed by atoms with van der Waals surface area (Å²) in [6, 6.07) is 6.03. The highest BCUT2D eigenvalue weighted by atomic mass is 32.2. The average Bonchev–Trinajstić information content (AvgIpc) is 2.89. The Bertz CT molecular complexity index is 680. The molecule has 0 aliphatic rings. The molecule has 21 heavy (non-hydrogen) atoms. The summed E-state index contributed by atoms with van der Waals surface area (Å²) in [5.41, 5.74) is 0.875. The molecule has 1 aromatic heterocycles. The number of hydrogen-bond acceptors (Lipinski definition) is 6. The van der Waals surface area contributed by atoms with Crippen molar-refractivity contribution in [3.05, 3.63) is 40.3 Å². The lowest BCUT2D eigenvalue weighted by Crippen LogP contribution is -2.23. The van der Waals surface area contributed by atoms with Gasteiger partial charge in [0.25, 0.3) is 0 Å². The molecule has 1 heterocycles. The molecule has 114 valence electrons. The zero-order valence-electron chi connectivity index (χ0n) is 11.4. The topological polar surface area (TPSA) is 88.5 Å². The van der Waals surface area contributed by atoms with E-state index < -0.39 is 10.0 Å². The van der Waals surface area contributed by atoms with Crippen LogP contribution in [0.25, 0.3) is 0 Å². The van der Waals surface area contributed by atoms with Crippen LogP contribution in [-0.2, 0) is 16.6 Å². The van der Waals surface area contributed by atoms with Crippen molar-refractivity contribution in [2.24, 2.45) is 0 Å². The average molecular weight is 328 g/mol. The predicted octanol–water partition coefficient (Wildman–Crippen LogP) is 1.30. The van der Waals surface area contributed by atoms with Gasteiger partial charge < -0.3 is 9.84 Å². The summed E-state index contributed by atoms with van der Waals surface area (Å²) in [4.78, 5) is 4.36. The fraction of sp³-hybridized carbons (Fsp3) is 0.308. The zero-order chi connectivity index (χ0) is 15.3. The molecule has 0 spiro atoms. The molecule has 2 rings (SSSR count). The van der Waals surface area contributed by atoms with Gasteiger partial charge in [0.1, 0.15) is 17.4 Å². The molecule has 0 saturated carbocycles. The zero-order valence-corrected chi connectivity index (χ0v) is 13.1. The van der Waals surface area contributed by atoms with Gasteiger partial charge >= 0.3 is 0 Å². The molecule has 0 fully saturated rings. The first-order chi connectivity index (χ1) is 10.0. The van der Waals surface area contributed by atoms with Crippen LogP contribution in [0, 0.1) is 6.92 Å². The van der Waals surface area contributed by atoms with E-state index in [4.69, 9.17) is 9.84 Å². The third-order valence-electron chi connectivity index (χ3n) is 2.57.